The smallest absolute Gasteiger partial charge is 0.258 e. The molecule has 1 aliphatic heterocycles. The summed E-state index contributed by atoms with van der Waals surface area (Å²) in [6.45, 7) is 1.75. The van der Waals surface area contributed by atoms with E-state index < -0.39 is 0 Å². The van der Waals surface area contributed by atoms with Crippen molar-refractivity contribution in [1.29, 1.82) is 0 Å². The van der Waals surface area contributed by atoms with Crippen molar-refractivity contribution in [3.8, 4) is 0 Å². The Bertz CT molecular complexity index is 951. The molecule has 25 heavy (non-hydrogen) atoms. The van der Waals surface area contributed by atoms with Gasteiger partial charge < -0.3 is 10.1 Å². The van der Waals surface area contributed by atoms with Crippen molar-refractivity contribution in [2.24, 2.45) is 0 Å². The lowest BCUT2D eigenvalue weighted by molar-refractivity contribution is 0.115. The lowest BCUT2D eigenvalue weighted by Crippen LogP contribution is -2.38. The highest BCUT2D eigenvalue weighted by molar-refractivity contribution is 5.77. The highest BCUT2D eigenvalue weighted by Gasteiger charge is 2.26. The Morgan fingerprint density at radius 3 is 2.84 bits per heavy atom. The second-order valence-electron chi connectivity index (χ2n) is 6.46. The second kappa shape index (κ2) is 6.78. The molecule has 1 unspecified atom stereocenters. The quantitative estimate of drug-likeness (QED) is 0.766. The summed E-state index contributed by atoms with van der Waals surface area (Å²) in [4.78, 5) is 21.9. The molecule has 0 bridgehead atoms. The lowest BCUT2D eigenvalue weighted by Gasteiger charge is -2.36. The Labute approximate surface area is 146 Å². The van der Waals surface area contributed by atoms with Crippen molar-refractivity contribution in [1.82, 2.24) is 14.9 Å². The van der Waals surface area contributed by atoms with Gasteiger partial charge in [0.1, 0.15) is 5.82 Å². The number of H-pyrrole nitrogens is 1. The monoisotopic (exact) mass is 335 g/mol. The molecule has 5 nitrogen and oxygen atoms in total. The Kier molecular flexibility index (Phi) is 4.34. The van der Waals surface area contributed by atoms with Gasteiger partial charge in [-0.3, -0.25) is 9.69 Å². The van der Waals surface area contributed by atoms with Gasteiger partial charge in [-0.15, -0.1) is 0 Å². The van der Waals surface area contributed by atoms with Gasteiger partial charge in [0.25, 0.3) is 5.56 Å². The molecule has 5 heteroatoms. The van der Waals surface area contributed by atoms with Crippen LogP contribution in [0.3, 0.4) is 0 Å². The fourth-order valence-corrected chi connectivity index (χ4v) is 3.69. The first-order valence-corrected chi connectivity index (χ1v) is 8.67. The van der Waals surface area contributed by atoms with Crippen LogP contribution in [0.25, 0.3) is 10.9 Å². The largest absolute Gasteiger partial charge is 0.394 e. The summed E-state index contributed by atoms with van der Waals surface area (Å²) in [6, 6.07) is 15.7. The van der Waals surface area contributed by atoms with Gasteiger partial charge in [0.05, 0.1) is 23.6 Å². The number of nitrogens with zero attached hydrogens (tertiary/aromatic N) is 2. The van der Waals surface area contributed by atoms with E-state index in [2.05, 4.69) is 27.0 Å². The minimum atomic E-state index is -0.0942. The standard InChI is InChI=1S/C20H21N3O2/c24-13-18-15-6-2-1-5-14(15)9-11-23(18)12-10-19-21-17-8-4-3-7-16(17)20(25)22-19/h1-8,18,24H,9-13H2,(H,21,22,25). The van der Waals surface area contributed by atoms with Crippen LogP contribution in [0, 0.1) is 0 Å². The normalized spacial score (nSPS) is 17.6. The molecule has 2 heterocycles. The molecule has 0 radical (unpaired) electrons. The highest BCUT2D eigenvalue weighted by Crippen LogP contribution is 2.29. The number of hydrogen-bond donors (Lipinski definition) is 2. The Balaban J connectivity index is 1.54. The predicted molar refractivity (Wildman–Crippen MR) is 97.6 cm³/mol. The number of rotatable bonds is 4. The van der Waals surface area contributed by atoms with E-state index in [1.165, 1.54) is 11.1 Å². The molecule has 0 amide bonds. The lowest BCUT2D eigenvalue weighted by atomic mass is 9.93. The zero-order valence-corrected chi connectivity index (χ0v) is 14.0. The molecule has 0 saturated heterocycles. The van der Waals surface area contributed by atoms with Crippen LogP contribution in [0.5, 0.6) is 0 Å². The summed E-state index contributed by atoms with van der Waals surface area (Å²) >= 11 is 0. The maximum absolute atomic E-state index is 12.2. The molecule has 0 aliphatic carbocycles. The number of aliphatic hydroxyl groups is 1. The van der Waals surface area contributed by atoms with Crippen LogP contribution < -0.4 is 5.56 Å². The van der Waals surface area contributed by atoms with E-state index in [4.69, 9.17) is 0 Å². The number of aromatic amines is 1. The first kappa shape index (κ1) is 16.0. The van der Waals surface area contributed by atoms with E-state index >= 15 is 0 Å². The van der Waals surface area contributed by atoms with E-state index in [0.717, 1.165) is 25.0 Å². The van der Waals surface area contributed by atoms with Gasteiger partial charge in [-0.25, -0.2) is 4.98 Å². The van der Waals surface area contributed by atoms with Crippen molar-refractivity contribution in [3.05, 3.63) is 75.8 Å². The summed E-state index contributed by atoms with van der Waals surface area (Å²) in [7, 11) is 0. The molecule has 0 saturated carbocycles. The SMILES string of the molecule is O=c1[nH]c(CCN2CCc3ccccc3C2CO)nc2ccccc12. The van der Waals surface area contributed by atoms with Crippen molar-refractivity contribution in [2.75, 3.05) is 19.7 Å². The third-order valence-corrected chi connectivity index (χ3v) is 4.99. The zero-order valence-electron chi connectivity index (χ0n) is 14.0. The average Bonchev–Trinajstić information content (AvgIpc) is 2.66. The molecule has 2 N–H and O–H groups in total. The number of hydrogen-bond acceptors (Lipinski definition) is 4. The number of nitrogens with one attached hydrogen (secondary N) is 1. The van der Waals surface area contributed by atoms with Gasteiger partial charge in [-0.1, -0.05) is 36.4 Å². The van der Waals surface area contributed by atoms with Crippen LogP contribution in [-0.2, 0) is 12.8 Å². The molecule has 1 atom stereocenters. The minimum Gasteiger partial charge on any atom is -0.394 e. The Hall–Kier alpha value is -2.50. The van der Waals surface area contributed by atoms with Crippen LogP contribution in [0.4, 0.5) is 0 Å². The summed E-state index contributed by atoms with van der Waals surface area (Å²) in [5.74, 6) is 0.694. The predicted octanol–water partition coefficient (Wildman–Crippen LogP) is 2.06. The van der Waals surface area contributed by atoms with Gasteiger partial charge in [-0.2, -0.15) is 0 Å². The van der Waals surface area contributed by atoms with E-state index in [-0.39, 0.29) is 18.2 Å². The van der Waals surface area contributed by atoms with Gasteiger partial charge in [0.2, 0.25) is 0 Å². The molecule has 4 rings (SSSR count). The van der Waals surface area contributed by atoms with Gasteiger partial charge >= 0.3 is 0 Å². The number of aromatic nitrogens is 2. The molecular weight excluding hydrogens is 314 g/mol. The van der Waals surface area contributed by atoms with Gasteiger partial charge in [0, 0.05) is 19.5 Å². The minimum absolute atomic E-state index is 0.0112. The van der Waals surface area contributed by atoms with E-state index in [1.54, 1.807) is 6.07 Å². The van der Waals surface area contributed by atoms with Crippen LogP contribution >= 0.6 is 0 Å². The summed E-state index contributed by atoms with van der Waals surface area (Å²) in [5.41, 5.74) is 3.15. The van der Waals surface area contributed by atoms with Crippen molar-refractivity contribution < 1.29 is 5.11 Å². The average molecular weight is 335 g/mol. The molecule has 0 spiro atoms. The van der Waals surface area contributed by atoms with E-state index in [1.807, 2.05) is 30.3 Å². The van der Waals surface area contributed by atoms with Gasteiger partial charge in [-0.05, 0) is 29.7 Å². The van der Waals surface area contributed by atoms with E-state index in [0.29, 0.717) is 17.6 Å². The maximum atomic E-state index is 12.2. The van der Waals surface area contributed by atoms with Gasteiger partial charge in [0.15, 0.2) is 0 Å². The van der Waals surface area contributed by atoms with Crippen molar-refractivity contribution in [3.63, 3.8) is 0 Å². The third kappa shape index (κ3) is 3.08. The Morgan fingerprint density at radius 2 is 1.96 bits per heavy atom. The number of aliphatic hydroxyl groups excluding tert-OH is 1. The summed E-state index contributed by atoms with van der Waals surface area (Å²) < 4.78 is 0. The molecule has 1 aliphatic rings. The molecular formula is C20H21N3O2. The van der Waals surface area contributed by atoms with Crippen LogP contribution in [0.15, 0.2) is 53.3 Å². The van der Waals surface area contributed by atoms with Crippen LogP contribution in [0.2, 0.25) is 0 Å². The third-order valence-electron chi connectivity index (χ3n) is 4.99. The van der Waals surface area contributed by atoms with Crippen LogP contribution in [-0.4, -0.2) is 39.7 Å². The fraction of sp³-hybridized carbons (Fsp3) is 0.300. The van der Waals surface area contributed by atoms with Crippen LogP contribution in [0.1, 0.15) is 23.0 Å². The molecule has 1 aromatic heterocycles. The molecule has 2 aromatic carbocycles. The van der Waals surface area contributed by atoms with Crippen molar-refractivity contribution in [2.45, 2.75) is 18.9 Å². The molecule has 3 aromatic rings. The topological polar surface area (TPSA) is 69.2 Å². The number of fused-ring (bicyclic) bond motifs is 2. The second-order valence-corrected chi connectivity index (χ2v) is 6.46. The summed E-state index contributed by atoms with van der Waals surface area (Å²) in [6.07, 6.45) is 1.63. The highest BCUT2D eigenvalue weighted by atomic mass is 16.3. The van der Waals surface area contributed by atoms with Crippen molar-refractivity contribution >= 4 is 10.9 Å². The first-order valence-electron chi connectivity index (χ1n) is 8.67. The number of para-hydroxylation sites is 1. The van der Waals surface area contributed by atoms with E-state index in [9.17, 15) is 9.90 Å². The first-order chi connectivity index (χ1) is 12.3. The molecule has 128 valence electrons. The Morgan fingerprint density at radius 1 is 1.16 bits per heavy atom. The summed E-state index contributed by atoms with van der Waals surface area (Å²) in [5, 5.41) is 10.5. The number of benzene rings is 2. The zero-order chi connectivity index (χ0) is 17.2. The molecule has 0 fully saturated rings. The maximum Gasteiger partial charge on any atom is 0.258 e. The fourth-order valence-electron chi connectivity index (χ4n) is 3.69.